The minimum Gasteiger partial charge on any atom is -0.271 e. The van der Waals surface area contributed by atoms with E-state index in [1.807, 2.05) is 48.5 Å². The first kappa shape index (κ1) is 15.8. The van der Waals surface area contributed by atoms with Gasteiger partial charge in [-0.2, -0.15) is 5.26 Å². The number of nitrogens with one attached hydrogen (secondary N) is 2. The molecule has 0 spiro atoms. The zero-order valence-corrected chi connectivity index (χ0v) is 13.9. The van der Waals surface area contributed by atoms with Crippen LogP contribution in [0.4, 0.5) is 5.82 Å². The third kappa shape index (κ3) is 3.28. The maximum Gasteiger partial charge on any atom is 0.291 e. The van der Waals surface area contributed by atoms with Crippen molar-refractivity contribution in [1.29, 1.82) is 5.26 Å². The molecule has 0 radical (unpaired) electrons. The molecule has 0 amide bonds. The fourth-order valence-electron chi connectivity index (χ4n) is 2.72. The highest BCUT2D eigenvalue weighted by Crippen LogP contribution is 2.30. The first-order valence-corrected chi connectivity index (χ1v) is 8.07. The van der Waals surface area contributed by atoms with Gasteiger partial charge in [-0.15, -0.1) is 0 Å². The first-order valence-electron chi connectivity index (χ1n) is 8.07. The van der Waals surface area contributed by atoms with E-state index >= 15 is 0 Å². The zero-order chi connectivity index (χ0) is 16.9. The van der Waals surface area contributed by atoms with Gasteiger partial charge >= 0.3 is 0 Å². The van der Waals surface area contributed by atoms with E-state index in [1.54, 1.807) is 0 Å². The Labute approximate surface area is 142 Å². The molecule has 3 aromatic rings. The molecule has 3 nitrogen and oxygen atoms in total. The van der Waals surface area contributed by atoms with Gasteiger partial charge in [-0.1, -0.05) is 60.7 Å². The predicted octanol–water partition coefficient (Wildman–Crippen LogP) is 4.53. The van der Waals surface area contributed by atoms with Crippen molar-refractivity contribution < 1.29 is 4.98 Å². The predicted molar refractivity (Wildman–Crippen MR) is 97.3 cm³/mol. The van der Waals surface area contributed by atoms with E-state index in [0.717, 1.165) is 28.2 Å². The Balaban J connectivity index is 2.25. The minimum atomic E-state index is 0.225. The third-order valence-electron chi connectivity index (χ3n) is 3.78. The Morgan fingerprint density at radius 2 is 1.50 bits per heavy atom. The number of nitriles is 1. The summed E-state index contributed by atoms with van der Waals surface area (Å²) in [6.07, 6.45) is 0. The van der Waals surface area contributed by atoms with Crippen LogP contribution in [0.2, 0.25) is 0 Å². The lowest BCUT2D eigenvalue weighted by atomic mass is 9.98. The van der Waals surface area contributed by atoms with Crippen LogP contribution in [-0.2, 0) is 0 Å². The maximum absolute atomic E-state index is 9.72. The number of anilines is 1. The second kappa shape index (κ2) is 6.97. The van der Waals surface area contributed by atoms with Gasteiger partial charge in [0, 0.05) is 11.1 Å². The molecule has 0 fully saturated rings. The summed E-state index contributed by atoms with van der Waals surface area (Å²) < 4.78 is 0. The lowest BCUT2D eigenvalue weighted by molar-refractivity contribution is -0.348. The summed E-state index contributed by atoms with van der Waals surface area (Å²) in [5.41, 5.74) is 4.67. The van der Waals surface area contributed by atoms with Crippen LogP contribution in [0.1, 0.15) is 19.4 Å². The summed E-state index contributed by atoms with van der Waals surface area (Å²) in [6, 6.07) is 24.8. The molecule has 118 valence electrons. The number of aromatic amines is 1. The van der Waals surface area contributed by atoms with Crippen molar-refractivity contribution >= 4 is 5.82 Å². The lowest BCUT2D eigenvalue weighted by Crippen LogP contribution is -2.22. The third-order valence-corrected chi connectivity index (χ3v) is 3.78. The van der Waals surface area contributed by atoms with E-state index in [-0.39, 0.29) is 6.04 Å². The summed E-state index contributed by atoms with van der Waals surface area (Å²) >= 11 is 0. The van der Waals surface area contributed by atoms with E-state index < -0.39 is 0 Å². The number of nitrogens with zero attached hydrogens (tertiary/aromatic N) is 1. The van der Waals surface area contributed by atoms with Gasteiger partial charge in [-0.05, 0) is 25.5 Å². The van der Waals surface area contributed by atoms with Crippen LogP contribution < -0.4 is 10.3 Å². The fraction of sp³-hybridized carbons (Fsp3) is 0.143. The standard InChI is InChI=1S/C21H19N3/c1-15(2)23-21-19(14-22)18(16-9-5-3-6-10-16)13-20(24-21)17-11-7-4-8-12-17/h3-13,15H,1-2H3,(H,23,24)/p+1. The highest BCUT2D eigenvalue weighted by molar-refractivity contribution is 5.78. The zero-order valence-electron chi connectivity index (χ0n) is 13.9. The van der Waals surface area contributed by atoms with E-state index in [0.29, 0.717) is 5.56 Å². The number of aromatic nitrogens is 1. The number of benzene rings is 2. The summed E-state index contributed by atoms with van der Waals surface area (Å²) in [6.45, 7) is 4.12. The summed E-state index contributed by atoms with van der Waals surface area (Å²) in [5.74, 6) is 0.757. The van der Waals surface area contributed by atoms with Gasteiger partial charge in [-0.3, -0.25) is 5.32 Å². The number of hydrogen-bond acceptors (Lipinski definition) is 2. The van der Waals surface area contributed by atoms with Crippen molar-refractivity contribution in [3.05, 3.63) is 72.3 Å². The van der Waals surface area contributed by atoms with Gasteiger partial charge in [0.25, 0.3) is 5.82 Å². The van der Waals surface area contributed by atoms with Crippen LogP contribution in [-0.4, -0.2) is 6.04 Å². The maximum atomic E-state index is 9.72. The second-order valence-corrected chi connectivity index (χ2v) is 5.99. The Morgan fingerprint density at radius 1 is 0.917 bits per heavy atom. The van der Waals surface area contributed by atoms with Gasteiger partial charge in [0.1, 0.15) is 17.3 Å². The molecular weight excluding hydrogens is 294 g/mol. The Bertz CT molecular complexity index is 863. The molecule has 1 heterocycles. The molecule has 3 heteroatoms. The molecule has 0 bridgehead atoms. The highest BCUT2D eigenvalue weighted by atomic mass is 15.0. The first-order chi connectivity index (χ1) is 11.7. The number of hydrogen-bond donors (Lipinski definition) is 1. The highest BCUT2D eigenvalue weighted by Gasteiger charge is 2.20. The van der Waals surface area contributed by atoms with E-state index in [9.17, 15) is 5.26 Å². The molecule has 0 unspecified atom stereocenters. The van der Waals surface area contributed by atoms with Crippen molar-refractivity contribution in [1.82, 2.24) is 0 Å². The molecule has 0 aliphatic rings. The Hall–Kier alpha value is -3.12. The molecule has 0 saturated heterocycles. The van der Waals surface area contributed by atoms with Crippen molar-refractivity contribution in [2.24, 2.45) is 0 Å². The Morgan fingerprint density at radius 3 is 2.04 bits per heavy atom. The molecule has 0 atom stereocenters. The van der Waals surface area contributed by atoms with Gasteiger partial charge in [0.15, 0.2) is 0 Å². The molecule has 2 aromatic carbocycles. The molecule has 0 aliphatic carbocycles. The SMILES string of the molecule is CC(C)Nc1[nH+]c(-c2ccccc2)cc(-c2ccccc2)c1C#N. The molecule has 24 heavy (non-hydrogen) atoms. The smallest absolute Gasteiger partial charge is 0.271 e. The van der Waals surface area contributed by atoms with Gasteiger partial charge in [-0.25, -0.2) is 4.98 Å². The van der Waals surface area contributed by atoms with Crippen molar-refractivity contribution in [2.75, 3.05) is 5.32 Å². The van der Waals surface area contributed by atoms with Gasteiger partial charge < -0.3 is 0 Å². The van der Waals surface area contributed by atoms with E-state index in [4.69, 9.17) is 0 Å². The van der Waals surface area contributed by atoms with E-state index in [1.165, 1.54) is 0 Å². The molecule has 0 saturated carbocycles. The molecule has 2 N–H and O–H groups in total. The van der Waals surface area contributed by atoms with Crippen LogP contribution in [0.25, 0.3) is 22.4 Å². The van der Waals surface area contributed by atoms with E-state index in [2.05, 4.69) is 48.4 Å². The lowest BCUT2D eigenvalue weighted by Gasteiger charge is -2.11. The minimum absolute atomic E-state index is 0.225. The van der Waals surface area contributed by atoms with Crippen molar-refractivity contribution in [3.63, 3.8) is 0 Å². The summed E-state index contributed by atoms with van der Waals surface area (Å²) in [4.78, 5) is 3.39. The van der Waals surface area contributed by atoms with Crippen LogP contribution in [0, 0.1) is 11.3 Å². The molecule has 1 aromatic heterocycles. The summed E-state index contributed by atoms with van der Waals surface area (Å²) in [7, 11) is 0. The van der Waals surface area contributed by atoms with Crippen LogP contribution in [0.3, 0.4) is 0 Å². The average molecular weight is 314 g/mol. The summed E-state index contributed by atoms with van der Waals surface area (Å²) in [5, 5.41) is 13.1. The van der Waals surface area contributed by atoms with Crippen molar-refractivity contribution in [2.45, 2.75) is 19.9 Å². The van der Waals surface area contributed by atoms with Gasteiger partial charge in [0.05, 0.1) is 6.04 Å². The number of H-pyrrole nitrogens is 1. The van der Waals surface area contributed by atoms with Crippen LogP contribution in [0.5, 0.6) is 0 Å². The average Bonchev–Trinajstić information content (AvgIpc) is 2.62. The number of pyridine rings is 1. The quantitative estimate of drug-likeness (QED) is 0.769. The molecule has 0 aliphatic heterocycles. The van der Waals surface area contributed by atoms with Crippen LogP contribution in [0.15, 0.2) is 66.7 Å². The largest absolute Gasteiger partial charge is 0.291 e. The fourth-order valence-corrected chi connectivity index (χ4v) is 2.72. The van der Waals surface area contributed by atoms with Gasteiger partial charge in [0.2, 0.25) is 0 Å². The Kier molecular flexibility index (Phi) is 4.58. The second-order valence-electron chi connectivity index (χ2n) is 5.99. The molecule has 3 rings (SSSR count). The normalized spacial score (nSPS) is 10.4. The monoisotopic (exact) mass is 314 g/mol. The molecular formula is C21H20N3+. The number of rotatable bonds is 4. The topological polar surface area (TPSA) is 50.0 Å². The van der Waals surface area contributed by atoms with Crippen LogP contribution >= 0.6 is 0 Å². The van der Waals surface area contributed by atoms with Crippen molar-refractivity contribution in [3.8, 4) is 28.5 Å².